The lowest BCUT2D eigenvalue weighted by molar-refractivity contribution is -0.203. The number of ether oxygens (including phenoxy) is 6. The van der Waals surface area contributed by atoms with Crippen LogP contribution >= 0.6 is 0 Å². The Hall–Kier alpha value is -5.45. The van der Waals surface area contributed by atoms with Crippen LogP contribution in [0.2, 0.25) is 0 Å². The van der Waals surface area contributed by atoms with Gasteiger partial charge < -0.3 is 64.4 Å². The van der Waals surface area contributed by atoms with Crippen LogP contribution < -0.4 is 20.3 Å². The topological polar surface area (TPSA) is 255 Å². The van der Waals surface area contributed by atoms with Gasteiger partial charge in [0.05, 0.1) is 45.2 Å². The van der Waals surface area contributed by atoms with Crippen molar-refractivity contribution in [1.82, 2.24) is 20.4 Å². The molecule has 2 amide bonds. The number of piperidine rings is 1. The fourth-order valence-corrected chi connectivity index (χ4v) is 15.8. The molecular weight excluding hydrogens is 1050 g/mol. The van der Waals surface area contributed by atoms with E-state index >= 15 is 9.59 Å². The van der Waals surface area contributed by atoms with Gasteiger partial charge in [-0.3, -0.25) is 29.0 Å². The number of esters is 3. The SMILES string of the molecule is CCC(CO)OC(COC(=O)CCCC(=O)N[C@@H](C)C(=O)OCCCNC(=O)[C@]1(O)C2N(C)c3cc(OC)c([C@@]4(C(=O)OC)CC5CN(CCC6=C4Cc4ccccc46)CC(O)(CC)C5)cc3C23CCN2CC=C[C@](CC)(C23)[C@H]1O)OC. The number of methoxy groups -OCH3 is 3. The number of hydrogen-bond donors (Lipinski definition) is 6. The van der Waals surface area contributed by atoms with Gasteiger partial charge >= 0.3 is 17.9 Å². The van der Waals surface area contributed by atoms with Gasteiger partial charge in [-0.05, 0) is 117 Å². The van der Waals surface area contributed by atoms with Crippen LogP contribution in [-0.4, -0.2) is 195 Å². The summed E-state index contributed by atoms with van der Waals surface area (Å²) in [7, 11) is 6.28. The first kappa shape index (κ1) is 61.1. The smallest absolute Gasteiger partial charge is 0.328 e. The van der Waals surface area contributed by atoms with Crippen molar-refractivity contribution in [3.05, 3.63) is 76.4 Å². The zero-order valence-corrected chi connectivity index (χ0v) is 49.1. The molecule has 2 aromatic rings. The van der Waals surface area contributed by atoms with Crippen molar-refractivity contribution in [3.63, 3.8) is 0 Å². The molecular formula is C62H87N5O15. The first-order valence-electron chi connectivity index (χ1n) is 29.6. The number of rotatable bonds is 23. The van der Waals surface area contributed by atoms with Gasteiger partial charge in [0.15, 0.2) is 11.9 Å². The van der Waals surface area contributed by atoms with Crippen molar-refractivity contribution in [2.45, 2.75) is 163 Å². The number of carbonyl (C=O) groups is 5. The Kier molecular flexibility index (Phi) is 18.4. The number of amides is 2. The maximum atomic E-state index is 15.6. The predicted molar refractivity (Wildman–Crippen MR) is 303 cm³/mol. The number of anilines is 1. The summed E-state index contributed by atoms with van der Waals surface area (Å²) in [5.41, 5.74) is -0.330. The Morgan fingerprint density at radius 2 is 1.71 bits per heavy atom. The van der Waals surface area contributed by atoms with Crippen LogP contribution in [0.5, 0.6) is 5.75 Å². The van der Waals surface area contributed by atoms with Crippen LogP contribution in [0.15, 0.2) is 54.1 Å². The summed E-state index contributed by atoms with van der Waals surface area (Å²) < 4.78 is 33.9. The molecule has 2 bridgehead atoms. The molecule has 2 aliphatic carbocycles. The Balaban J connectivity index is 0.957. The molecule has 1 spiro atoms. The fraction of sp³-hybridized carbons (Fsp3) is 0.661. The molecule has 7 aliphatic rings. The Morgan fingerprint density at radius 1 is 0.927 bits per heavy atom. The predicted octanol–water partition coefficient (Wildman–Crippen LogP) is 3.60. The molecule has 5 aliphatic heterocycles. The lowest BCUT2D eigenvalue weighted by Crippen LogP contribution is -2.81. The fourth-order valence-electron chi connectivity index (χ4n) is 15.8. The summed E-state index contributed by atoms with van der Waals surface area (Å²) in [4.78, 5) is 75.5. The van der Waals surface area contributed by atoms with E-state index in [1.54, 1.807) is 7.11 Å². The first-order chi connectivity index (χ1) is 39.3. The van der Waals surface area contributed by atoms with E-state index < -0.39 is 87.8 Å². The second-order valence-corrected chi connectivity index (χ2v) is 24.0. The zero-order valence-electron chi connectivity index (χ0n) is 49.1. The molecule has 2 aromatic carbocycles. The van der Waals surface area contributed by atoms with Crippen LogP contribution in [-0.2, 0) is 64.9 Å². The van der Waals surface area contributed by atoms with E-state index in [0.717, 1.165) is 27.8 Å². The minimum atomic E-state index is -2.41. The molecule has 82 heavy (non-hydrogen) atoms. The van der Waals surface area contributed by atoms with E-state index in [0.29, 0.717) is 101 Å². The molecule has 0 radical (unpaired) electrons. The number of nitrogens with one attached hydrogen (secondary N) is 2. The lowest BCUT2D eigenvalue weighted by atomic mass is 9.47. The number of likely N-dealkylation sites (N-methyl/N-ethyl adjacent to an activating group) is 1. The molecule has 9 rings (SSSR count). The largest absolute Gasteiger partial charge is 0.496 e. The molecule has 450 valence electrons. The highest BCUT2D eigenvalue weighted by Gasteiger charge is 2.78. The van der Waals surface area contributed by atoms with Crippen molar-refractivity contribution in [3.8, 4) is 5.75 Å². The highest BCUT2D eigenvalue weighted by Crippen LogP contribution is 2.68. The highest BCUT2D eigenvalue weighted by molar-refractivity contribution is 5.96. The molecule has 13 atom stereocenters. The van der Waals surface area contributed by atoms with E-state index in [1.807, 2.05) is 63.1 Å². The zero-order chi connectivity index (χ0) is 58.9. The average Bonchev–Trinajstić information content (AvgIpc) is 3.18. The number of nitrogens with zero attached hydrogens (tertiary/aromatic N) is 3. The third-order valence-electron chi connectivity index (χ3n) is 19.6. The van der Waals surface area contributed by atoms with Crippen LogP contribution in [0.1, 0.15) is 121 Å². The van der Waals surface area contributed by atoms with Crippen molar-refractivity contribution >= 4 is 41.0 Å². The number of aliphatic hydroxyl groups excluding tert-OH is 2. The molecule has 6 N–H and O–H groups in total. The molecule has 3 fully saturated rings. The van der Waals surface area contributed by atoms with E-state index in [2.05, 4.69) is 38.6 Å². The van der Waals surface area contributed by atoms with Crippen LogP contribution in [0.25, 0.3) is 5.57 Å². The standard InChI is InChI=1S/C62H87N5O15/c1-9-41(35-68)82-51(78-7)36-81-50(70)20-14-19-49(69)64-38(4)52(71)80-28-16-24-63-56(73)62(76)54-60(23-27-67-25-15-22-59(11-3,53(60)67)55(62)72)45-30-46(48(77-6)31-47(45)65(54)5)61(57(74)79-8)33-39-32-58(75,10-2)37-66(34-39)26-21-43-42-18-13-12-17-40(42)29-44(43)61/h12-13,15,17-18,22,30-31,38-39,41,51,53-55,68,72,75-76H,9-11,14,16,19-21,23-29,32-37H2,1-8H3,(H,63,73)(H,64,69)/t38-,39?,41?,51?,53?,54?,55+,58?,59+,60?,61+,62-/m0/s1. The summed E-state index contributed by atoms with van der Waals surface area (Å²) in [6.45, 7) is 9.95. The molecule has 0 aromatic heterocycles. The van der Waals surface area contributed by atoms with E-state index in [4.69, 9.17) is 28.4 Å². The van der Waals surface area contributed by atoms with Crippen LogP contribution in [0, 0.1) is 11.3 Å². The Morgan fingerprint density at radius 3 is 2.41 bits per heavy atom. The third-order valence-corrected chi connectivity index (χ3v) is 19.6. The van der Waals surface area contributed by atoms with Gasteiger partial charge in [-0.1, -0.05) is 57.2 Å². The normalized spacial score (nSPS) is 31.6. The van der Waals surface area contributed by atoms with Gasteiger partial charge in [0.2, 0.25) is 5.91 Å². The highest BCUT2D eigenvalue weighted by atomic mass is 16.7. The van der Waals surface area contributed by atoms with E-state index in [1.165, 1.54) is 21.1 Å². The van der Waals surface area contributed by atoms with Gasteiger partial charge in [0.1, 0.15) is 29.9 Å². The van der Waals surface area contributed by atoms with Crippen molar-refractivity contribution < 1.29 is 72.8 Å². The maximum absolute atomic E-state index is 15.6. The molecule has 2 saturated heterocycles. The maximum Gasteiger partial charge on any atom is 0.328 e. The van der Waals surface area contributed by atoms with Gasteiger partial charge in [-0.25, -0.2) is 4.79 Å². The number of carbonyl (C=O) groups excluding carboxylic acids is 5. The second kappa shape index (κ2) is 24.6. The second-order valence-electron chi connectivity index (χ2n) is 24.0. The lowest BCUT2D eigenvalue weighted by Gasteiger charge is -2.63. The van der Waals surface area contributed by atoms with Gasteiger partial charge in [0, 0.05) is 93.9 Å². The van der Waals surface area contributed by atoms with Crippen molar-refractivity contribution in [2.24, 2.45) is 11.3 Å². The molecule has 20 nitrogen and oxygen atoms in total. The van der Waals surface area contributed by atoms with Gasteiger partial charge in [-0.15, -0.1) is 0 Å². The summed E-state index contributed by atoms with van der Waals surface area (Å²) in [6, 6.07) is 10.0. The van der Waals surface area contributed by atoms with Crippen molar-refractivity contribution in [1.29, 1.82) is 0 Å². The monoisotopic (exact) mass is 1140 g/mol. The van der Waals surface area contributed by atoms with E-state index in [9.17, 15) is 34.8 Å². The van der Waals surface area contributed by atoms with Crippen molar-refractivity contribution in [2.75, 3.05) is 92.4 Å². The number of fused-ring (bicyclic) bond motifs is 5. The number of aliphatic hydroxyl groups is 4. The van der Waals surface area contributed by atoms with Gasteiger partial charge in [0.25, 0.3) is 5.91 Å². The number of benzene rings is 2. The first-order valence-corrected chi connectivity index (χ1v) is 29.6. The molecule has 20 heteroatoms. The molecule has 8 unspecified atom stereocenters. The molecule has 1 saturated carbocycles. The summed E-state index contributed by atoms with van der Waals surface area (Å²) in [6.07, 6.45) is 5.37. The van der Waals surface area contributed by atoms with Crippen LogP contribution in [0.3, 0.4) is 0 Å². The minimum Gasteiger partial charge on any atom is -0.496 e. The molecule has 5 heterocycles. The summed E-state index contributed by atoms with van der Waals surface area (Å²) in [5, 5.41) is 53.6. The van der Waals surface area contributed by atoms with E-state index in [-0.39, 0.29) is 64.0 Å². The third kappa shape index (κ3) is 10.5. The minimum absolute atomic E-state index is 0.0258. The Labute approximate surface area is 481 Å². The van der Waals surface area contributed by atoms with Crippen LogP contribution in [0.4, 0.5) is 5.69 Å². The summed E-state index contributed by atoms with van der Waals surface area (Å²) >= 11 is 0. The average molecular weight is 1140 g/mol. The number of hydrogen-bond acceptors (Lipinski definition) is 18. The van der Waals surface area contributed by atoms with Gasteiger partial charge in [-0.2, -0.15) is 0 Å². The summed E-state index contributed by atoms with van der Waals surface area (Å²) in [5.74, 6) is -2.59. The Bertz CT molecular complexity index is 2790. The quantitative estimate of drug-likeness (QED) is 0.0306.